The van der Waals surface area contributed by atoms with Crippen LogP contribution in [0.5, 0.6) is 0 Å². The van der Waals surface area contributed by atoms with Crippen LogP contribution in [-0.4, -0.2) is 40.9 Å². The summed E-state index contributed by atoms with van der Waals surface area (Å²) < 4.78 is 26.2. The summed E-state index contributed by atoms with van der Waals surface area (Å²) in [4.78, 5) is 15.4. The van der Waals surface area contributed by atoms with Crippen LogP contribution >= 0.6 is 11.3 Å². The highest BCUT2D eigenvalue weighted by atomic mass is 32.2. The van der Waals surface area contributed by atoms with Crippen molar-refractivity contribution in [2.75, 3.05) is 6.54 Å². The predicted molar refractivity (Wildman–Crippen MR) is 75.4 cm³/mol. The molecule has 112 valence electrons. The molecular weight excluding hydrogens is 300 g/mol. The van der Waals surface area contributed by atoms with E-state index in [9.17, 15) is 18.3 Å². The fourth-order valence-electron chi connectivity index (χ4n) is 1.97. The van der Waals surface area contributed by atoms with Gasteiger partial charge in [-0.15, -0.1) is 11.3 Å². The molecule has 8 heteroatoms. The summed E-state index contributed by atoms with van der Waals surface area (Å²) in [6.45, 7) is 7.52. The van der Waals surface area contributed by atoms with Gasteiger partial charge in [0.05, 0.1) is 11.2 Å². The zero-order valence-corrected chi connectivity index (χ0v) is 13.5. The first-order valence-electron chi connectivity index (χ1n) is 6.22. The third kappa shape index (κ3) is 2.25. The fraction of sp³-hybridized carbons (Fsp3) is 0.667. The van der Waals surface area contributed by atoms with Crippen molar-refractivity contribution in [3.63, 3.8) is 0 Å². The lowest BCUT2D eigenvalue weighted by molar-refractivity contribution is -0.153. The van der Waals surface area contributed by atoms with E-state index in [2.05, 4.69) is 4.98 Å². The number of carboxylic acid groups (broad SMARTS) is 1. The maximum Gasteiger partial charge on any atom is 0.324 e. The number of sulfonamides is 1. The highest BCUT2D eigenvalue weighted by molar-refractivity contribution is 7.91. The van der Waals surface area contributed by atoms with E-state index < -0.39 is 21.5 Å². The number of aliphatic carboxylic acids is 1. The molecule has 1 fully saturated rings. The van der Waals surface area contributed by atoms with E-state index in [1.807, 2.05) is 20.8 Å². The van der Waals surface area contributed by atoms with Gasteiger partial charge in [0.25, 0.3) is 10.0 Å². The van der Waals surface area contributed by atoms with Gasteiger partial charge in [-0.1, -0.05) is 20.8 Å². The Bertz CT molecular complexity index is 645. The number of rotatable bonds is 3. The zero-order valence-electron chi connectivity index (χ0n) is 11.9. The molecule has 1 aliphatic rings. The highest BCUT2D eigenvalue weighted by Crippen LogP contribution is 2.38. The first kappa shape index (κ1) is 15.4. The second-order valence-corrected chi connectivity index (χ2v) is 9.26. The molecule has 6 nitrogen and oxygen atoms in total. The van der Waals surface area contributed by atoms with E-state index in [0.717, 1.165) is 15.6 Å². The lowest BCUT2D eigenvalue weighted by atomic mass is 9.90. The Morgan fingerprint density at radius 1 is 1.50 bits per heavy atom. The van der Waals surface area contributed by atoms with Crippen LogP contribution in [-0.2, 0) is 20.2 Å². The van der Waals surface area contributed by atoms with Gasteiger partial charge in [0, 0.05) is 12.0 Å². The molecular formula is C12H18N2O4S2. The summed E-state index contributed by atoms with van der Waals surface area (Å²) >= 11 is 1.10. The standard InChI is InChI=1S/C12H18N2O4S2/c1-11(2,3)9-13-7-8(19-9)20(17,18)14-6-5-12(14,4)10(15)16/h7H,5-6H2,1-4H3,(H,15,16). The fourth-order valence-corrected chi connectivity index (χ4v) is 5.04. The minimum atomic E-state index is -3.79. The van der Waals surface area contributed by atoms with Gasteiger partial charge in [0.1, 0.15) is 5.54 Å². The van der Waals surface area contributed by atoms with Crippen LogP contribution in [0.3, 0.4) is 0 Å². The average molecular weight is 318 g/mol. The van der Waals surface area contributed by atoms with Crippen molar-refractivity contribution in [1.29, 1.82) is 0 Å². The SMILES string of the molecule is CC(C)(C)c1ncc(S(=O)(=O)N2CCC2(C)C(=O)O)s1. The predicted octanol–water partition coefficient (Wildman–Crippen LogP) is 1.68. The van der Waals surface area contributed by atoms with Crippen molar-refractivity contribution in [3.05, 3.63) is 11.2 Å². The molecule has 0 aromatic carbocycles. The average Bonchev–Trinajstić information content (AvgIpc) is 2.74. The molecule has 0 amide bonds. The van der Waals surface area contributed by atoms with E-state index in [4.69, 9.17) is 0 Å². The normalized spacial score (nSPS) is 24.4. The molecule has 1 aliphatic heterocycles. The molecule has 1 N–H and O–H groups in total. The van der Waals surface area contributed by atoms with Crippen LogP contribution < -0.4 is 0 Å². The van der Waals surface area contributed by atoms with Crippen LogP contribution in [0.4, 0.5) is 0 Å². The molecule has 1 unspecified atom stereocenters. The van der Waals surface area contributed by atoms with E-state index in [0.29, 0.717) is 11.4 Å². The molecule has 1 aromatic rings. The quantitative estimate of drug-likeness (QED) is 0.916. The van der Waals surface area contributed by atoms with Gasteiger partial charge in [-0.05, 0) is 13.3 Å². The molecule has 2 heterocycles. The molecule has 0 aliphatic carbocycles. The van der Waals surface area contributed by atoms with Crippen LogP contribution in [0.25, 0.3) is 0 Å². The molecule has 2 rings (SSSR count). The third-order valence-corrected chi connectivity index (χ3v) is 7.36. The van der Waals surface area contributed by atoms with E-state index in [1.165, 1.54) is 13.1 Å². The van der Waals surface area contributed by atoms with Crippen LogP contribution in [0, 0.1) is 0 Å². The van der Waals surface area contributed by atoms with E-state index >= 15 is 0 Å². The van der Waals surface area contributed by atoms with Gasteiger partial charge in [-0.2, -0.15) is 4.31 Å². The number of thiazole rings is 1. The molecule has 0 saturated carbocycles. The number of carboxylic acids is 1. The first-order valence-corrected chi connectivity index (χ1v) is 8.48. The third-order valence-electron chi connectivity index (χ3n) is 3.48. The van der Waals surface area contributed by atoms with Gasteiger partial charge in [-0.3, -0.25) is 4.79 Å². The van der Waals surface area contributed by atoms with Gasteiger partial charge in [0.2, 0.25) is 0 Å². The van der Waals surface area contributed by atoms with Gasteiger partial charge >= 0.3 is 5.97 Å². The van der Waals surface area contributed by atoms with Gasteiger partial charge in [-0.25, -0.2) is 13.4 Å². The maximum absolute atomic E-state index is 12.5. The smallest absolute Gasteiger partial charge is 0.324 e. The lowest BCUT2D eigenvalue weighted by Crippen LogP contribution is -2.64. The second-order valence-electron chi connectivity index (χ2n) is 6.14. The topological polar surface area (TPSA) is 87.6 Å². The lowest BCUT2D eigenvalue weighted by Gasteiger charge is -2.45. The van der Waals surface area contributed by atoms with Crippen LogP contribution in [0.15, 0.2) is 10.4 Å². The molecule has 0 bridgehead atoms. The Morgan fingerprint density at radius 2 is 2.10 bits per heavy atom. The van der Waals surface area contributed by atoms with Crippen molar-refractivity contribution in [2.45, 2.75) is 49.3 Å². The molecule has 1 saturated heterocycles. The Kier molecular flexibility index (Phi) is 3.47. The molecule has 20 heavy (non-hydrogen) atoms. The molecule has 0 radical (unpaired) electrons. The summed E-state index contributed by atoms with van der Waals surface area (Å²) in [5, 5.41) is 9.91. The number of nitrogens with zero attached hydrogens (tertiary/aromatic N) is 2. The van der Waals surface area contributed by atoms with Crippen molar-refractivity contribution < 1.29 is 18.3 Å². The van der Waals surface area contributed by atoms with Crippen molar-refractivity contribution in [3.8, 4) is 0 Å². The number of hydrogen-bond donors (Lipinski definition) is 1. The Hall–Kier alpha value is -0.990. The summed E-state index contributed by atoms with van der Waals surface area (Å²) in [6, 6.07) is 0. The minimum Gasteiger partial charge on any atom is -0.480 e. The Labute approximate surface area is 122 Å². The molecule has 1 aromatic heterocycles. The Morgan fingerprint density at radius 3 is 2.45 bits per heavy atom. The number of carbonyl (C=O) groups is 1. The molecule has 1 atom stereocenters. The second kappa shape index (κ2) is 4.51. The maximum atomic E-state index is 12.5. The van der Waals surface area contributed by atoms with Crippen molar-refractivity contribution in [2.24, 2.45) is 0 Å². The summed E-state index contributed by atoms with van der Waals surface area (Å²) in [6.07, 6.45) is 1.65. The van der Waals surface area contributed by atoms with Crippen LogP contribution in [0.2, 0.25) is 0 Å². The van der Waals surface area contributed by atoms with Gasteiger partial charge < -0.3 is 5.11 Å². The first-order chi connectivity index (χ1) is 8.99. The number of hydrogen-bond acceptors (Lipinski definition) is 5. The summed E-state index contributed by atoms with van der Waals surface area (Å²) in [5.41, 5.74) is -1.58. The number of aromatic nitrogens is 1. The molecule has 0 spiro atoms. The van der Waals surface area contributed by atoms with Crippen molar-refractivity contribution in [1.82, 2.24) is 9.29 Å². The largest absolute Gasteiger partial charge is 0.480 e. The van der Waals surface area contributed by atoms with E-state index in [-0.39, 0.29) is 16.2 Å². The van der Waals surface area contributed by atoms with E-state index in [1.54, 1.807) is 0 Å². The Balaban J connectivity index is 2.37. The highest BCUT2D eigenvalue weighted by Gasteiger charge is 2.54. The van der Waals surface area contributed by atoms with Crippen LogP contribution in [0.1, 0.15) is 39.1 Å². The van der Waals surface area contributed by atoms with Gasteiger partial charge in [0.15, 0.2) is 4.21 Å². The summed E-state index contributed by atoms with van der Waals surface area (Å²) in [7, 11) is -3.79. The monoisotopic (exact) mass is 318 g/mol. The van der Waals surface area contributed by atoms with Crippen molar-refractivity contribution >= 4 is 27.3 Å². The minimum absolute atomic E-state index is 0.106. The zero-order chi connectivity index (χ0) is 15.3. The summed E-state index contributed by atoms with van der Waals surface area (Å²) in [5.74, 6) is -1.12.